The van der Waals surface area contributed by atoms with Gasteiger partial charge in [-0.2, -0.15) is 0 Å². The van der Waals surface area contributed by atoms with Crippen molar-refractivity contribution in [2.45, 2.75) is 0 Å². The van der Waals surface area contributed by atoms with Crippen molar-refractivity contribution >= 4 is 0 Å². The Kier molecular flexibility index (Phi) is 15900. The van der Waals surface area contributed by atoms with E-state index in [2.05, 4.69) is 0 Å². The van der Waals surface area contributed by atoms with Crippen molar-refractivity contribution in [2.75, 3.05) is 0 Å². The summed E-state index contributed by atoms with van der Waals surface area (Å²) < 4.78 is 0. The van der Waals surface area contributed by atoms with E-state index < -0.39 is 0 Å². The van der Waals surface area contributed by atoms with E-state index in [0.717, 1.165) is 0 Å². The van der Waals surface area contributed by atoms with Crippen LogP contribution >= 0.6 is 0 Å². The first-order valence-electron chi connectivity index (χ1n) is 0. The van der Waals surface area contributed by atoms with Gasteiger partial charge in [0.2, 0.25) is 0 Å². The summed E-state index contributed by atoms with van der Waals surface area (Å²) in [4.78, 5) is 0. The van der Waals surface area contributed by atoms with Crippen molar-refractivity contribution in [3.63, 3.8) is 0 Å². The maximum atomic E-state index is 0. The van der Waals surface area contributed by atoms with E-state index in [1.54, 1.807) is 0 Å². The monoisotopic (exact) mass is 659 g/mol. The largest absolute Gasteiger partial charge is 7.00 e. The van der Waals surface area contributed by atoms with Crippen LogP contribution in [0.1, 0.15) is 0 Å². The second kappa shape index (κ2) is 346. The molecule has 10 heavy (non-hydrogen) atoms. The van der Waals surface area contributed by atoms with Crippen LogP contribution in [0.5, 0.6) is 0 Å². The normalized spacial score (nSPS) is 0. The van der Waals surface area contributed by atoms with Crippen molar-refractivity contribution in [2.24, 2.45) is 0 Å². The minimum atomic E-state index is 0. The van der Waals surface area contributed by atoms with E-state index in [1.807, 2.05) is 0 Å². The fraction of sp³-hybridized carbons (Fsp3) is 0. The second-order valence-electron chi connectivity index (χ2n) is 0. The topological polar surface area (TPSA) is 214 Å². The van der Waals surface area contributed by atoms with Gasteiger partial charge >= 0.3 is 61.3 Å². The average Bonchev–Trinajstić information content (AvgIpc) is 0. The molecule has 0 aliphatic rings. The Morgan fingerprint density at radius 3 is 0.200 bits per heavy atom. The predicted molar refractivity (Wildman–Crippen MR) is 23.5 cm³/mol. The van der Waals surface area contributed by atoms with Crippen LogP contribution in [0.3, 0.4) is 0 Å². The Labute approximate surface area is 104 Å². The number of rotatable bonds is 0. The number of nitrogens with zero attached hydrogens (tertiary/aromatic N) is 7. The maximum absolute atomic E-state index is 0. The van der Waals surface area contributed by atoms with Crippen LogP contribution in [0, 0.1) is 0 Å². The predicted octanol–water partition coefficient (Wildman–Crippen LogP) is 2.01. The van der Waals surface area contributed by atoms with E-state index in [-0.39, 0.29) is 104 Å². The molecular formula is N7Re3. The van der Waals surface area contributed by atoms with Crippen LogP contribution < -0.4 is 0 Å². The third kappa shape index (κ3) is 253. The van der Waals surface area contributed by atoms with Gasteiger partial charge in [0.1, 0.15) is 0 Å². The zero-order valence-corrected chi connectivity index (χ0v) is 12.4. The first-order valence-corrected chi connectivity index (χ1v) is 0. The molecule has 0 radical (unpaired) electrons. The molecule has 0 heterocycles. The van der Waals surface area contributed by atoms with Gasteiger partial charge in [-0.1, -0.05) is 0 Å². The summed E-state index contributed by atoms with van der Waals surface area (Å²) in [5, 5.41) is 0. The van der Waals surface area contributed by atoms with Crippen molar-refractivity contribution in [3.8, 4) is 0 Å². The third-order valence-electron chi connectivity index (χ3n) is 0. The van der Waals surface area contributed by atoms with Crippen LogP contribution in [-0.4, -0.2) is 0 Å². The van der Waals surface area contributed by atoms with E-state index in [1.165, 1.54) is 0 Å². The molecule has 7 nitrogen and oxygen atoms in total. The van der Waals surface area contributed by atoms with Gasteiger partial charge in [-0.05, 0) is 0 Å². The molecule has 0 spiro atoms. The Balaban J connectivity index is 0. The van der Waals surface area contributed by atoms with Gasteiger partial charge in [-0.3, -0.25) is 0 Å². The molecule has 0 fully saturated rings. The van der Waals surface area contributed by atoms with Gasteiger partial charge in [0.25, 0.3) is 0 Å². The van der Waals surface area contributed by atoms with E-state index in [4.69, 9.17) is 0 Å². The van der Waals surface area contributed by atoms with Gasteiger partial charge < -0.3 is 43.1 Å². The molecule has 10 heteroatoms. The molecule has 0 saturated heterocycles. The van der Waals surface area contributed by atoms with Crippen molar-refractivity contribution in [3.05, 3.63) is 43.1 Å². The van der Waals surface area contributed by atoms with Crippen molar-refractivity contribution in [1.29, 1.82) is 0 Å². The van der Waals surface area contributed by atoms with E-state index in [9.17, 15) is 0 Å². The Morgan fingerprint density at radius 2 is 0.200 bits per heavy atom. The molecule has 0 atom stereocenters. The first kappa shape index (κ1) is 461. The van der Waals surface area contributed by atoms with E-state index in [0.29, 0.717) is 0 Å². The Bertz CT molecular complexity index is 8.81. The van der Waals surface area contributed by atoms with Crippen LogP contribution in [-0.2, 0) is 61.3 Å². The third-order valence-corrected chi connectivity index (χ3v) is 0. The van der Waals surface area contributed by atoms with Crippen molar-refractivity contribution in [1.82, 2.24) is 0 Å². The maximum Gasteiger partial charge on any atom is 7.00 e. The summed E-state index contributed by atoms with van der Waals surface area (Å²) in [5.74, 6) is 0. The second-order valence-corrected chi connectivity index (χ2v) is 0. The summed E-state index contributed by atoms with van der Waals surface area (Å²) in [6, 6.07) is 0. The van der Waals surface area contributed by atoms with E-state index >= 15 is 0 Å². The first-order chi connectivity index (χ1) is 0. The molecule has 0 aliphatic heterocycles. The summed E-state index contributed by atoms with van der Waals surface area (Å²) >= 11 is 0. The molecule has 0 amide bonds. The molecule has 56 valence electrons. The molecule has 0 bridgehead atoms. The minimum absolute atomic E-state index is 0. The van der Waals surface area contributed by atoms with Crippen LogP contribution in [0.2, 0.25) is 0 Å². The number of hydrogen-bond acceptors (Lipinski definition) is 0. The summed E-state index contributed by atoms with van der Waals surface area (Å²) in [6.07, 6.45) is 0. The van der Waals surface area contributed by atoms with Gasteiger partial charge in [0.15, 0.2) is 0 Å². The number of hydrogen-bond donors (Lipinski definition) is 0. The molecule has 0 unspecified atom stereocenters. The summed E-state index contributed by atoms with van der Waals surface area (Å²) in [7, 11) is 0. The molecule has 0 N–H and O–H groups in total. The Morgan fingerprint density at radius 1 is 0.200 bits per heavy atom. The standard InChI is InChI=1S/7N.3Re/q7*-3;3*+7. The molecule has 0 aromatic heterocycles. The molecule has 0 aromatic rings. The average molecular weight is 657 g/mol. The molecule has 0 aromatic carbocycles. The summed E-state index contributed by atoms with van der Waals surface area (Å²) in [5.41, 5.74) is 0. The fourth-order valence-corrected chi connectivity index (χ4v) is 0. The van der Waals surface area contributed by atoms with Gasteiger partial charge in [-0.25, -0.2) is 0 Å². The minimum Gasteiger partial charge on any atom is -3.00 e. The van der Waals surface area contributed by atoms with Crippen LogP contribution in [0.25, 0.3) is 43.1 Å². The summed E-state index contributed by atoms with van der Waals surface area (Å²) in [6.45, 7) is 0. The molecule has 0 aliphatic carbocycles. The molecule has 0 rings (SSSR count). The SMILES string of the molecule is [N-3].[N-3].[N-3].[N-3].[N-3].[N-3].[N-3].[Re+7].[Re+7].[Re+7]. The van der Waals surface area contributed by atoms with Gasteiger partial charge in [0, 0.05) is 0 Å². The fourth-order valence-electron chi connectivity index (χ4n) is 0. The zero-order chi connectivity index (χ0) is 0. The van der Waals surface area contributed by atoms with Gasteiger partial charge in [-0.15, -0.1) is 0 Å². The zero-order valence-electron chi connectivity index (χ0n) is 4.26. The van der Waals surface area contributed by atoms with Crippen LogP contribution in [0.15, 0.2) is 0 Å². The van der Waals surface area contributed by atoms with Crippen LogP contribution in [0.4, 0.5) is 0 Å². The molecular weight excluding hydrogens is 657 g/mol. The van der Waals surface area contributed by atoms with Gasteiger partial charge in [0.05, 0.1) is 0 Å². The smallest absolute Gasteiger partial charge is 3.00 e. The quantitative estimate of drug-likeness (QED) is 0.366. The molecule has 0 saturated carbocycles. The van der Waals surface area contributed by atoms with Crippen molar-refractivity contribution < 1.29 is 61.3 Å². The Hall–Kier alpha value is 1.71.